The summed E-state index contributed by atoms with van der Waals surface area (Å²) < 4.78 is 0.575. The normalized spacial score (nSPS) is 10.2. The van der Waals surface area contributed by atoms with Crippen molar-refractivity contribution in [1.82, 2.24) is 20.6 Å². The Kier molecular flexibility index (Phi) is 2.46. The molecule has 0 spiro atoms. The molecular formula is C8H4BrN4O2-. The summed E-state index contributed by atoms with van der Waals surface area (Å²) in [6, 6.07) is 4.44. The van der Waals surface area contributed by atoms with Gasteiger partial charge in [0.25, 0.3) is 0 Å². The fourth-order valence-electron chi connectivity index (χ4n) is 1.10. The van der Waals surface area contributed by atoms with Gasteiger partial charge >= 0.3 is 0 Å². The van der Waals surface area contributed by atoms with Crippen LogP contribution < -0.4 is 5.11 Å². The zero-order valence-corrected chi connectivity index (χ0v) is 8.85. The fourth-order valence-corrected chi connectivity index (χ4v) is 1.66. The molecular weight excluding hydrogens is 264 g/mol. The van der Waals surface area contributed by atoms with Gasteiger partial charge in [0.05, 0.1) is 5.97 Å². The minimum atomic E-state index is -1.23. The number of aromatic nitrogens is 4. The van der Waals surface area contributed by atoms with Crippen LogP contribution in [-0.4, -0.2) is 26.6 Å². The van der Waals surface area contributed by atoms with E-state index in [1.54, 1.807) is 6.07 Å². The molecule has 0 radical (unpaired) electrons. The number of hydrogen-bond acceptors (Lipinski definition) is 5. The van der Waals surface area contributed by atoms with E-state index in [2.05, 4.69) is 36.6 Å². The second-order valence-corrected chi connectivity index (χ2v) is 3.57. The number of benzene rings is 1. The number of carbonyl (C=O) groups is 1. The van der Waals surface area contributed by atoms with Crippen molar-refractivity contribution in [2.45, 2.75) is 0 Å². The molecule has 0 aliphatic carbocycles. The highest BCUT2D eigenvalue weighted by Crippen LogP contribution is 2.25. The van der Waals surface area contributed by atoms with Crippen LogP contribution in [0.2, 0.25) is 0 Å². The fraction of sp³-hybridized carbons (Fsp3) is 0. The summed E-state index contributed by atoms with van der Waals surface area (Å²) in [4.78, 5) is 10.6. The molecule has 6 nitrogen and oxygen atoms in total. The molecule has 2 aromatic rings. The van der Waals surface area contributed by atoms with Crippen LogP contribution in [0.15, 0.2) is 22.7 Å². The summed E-state index contributed by atoms with van der Waals surface area (Å²) in [6.45, 7) is 0. The van der Waals surface area contributed by atoms with Gasteiger partial charge in [0, 0.05) is 10.0 Å². The molecule has 1 N–H and O–H groups in total. The number of carboxylic acid groups (broad SMARTS) is 1. The molecule has 0 aliphatic heterocycles. The predicted octanol–water partition coefficient (Wildman–Crippen LogP) is -0.00730. The number of aromatic amines is 1. The van der Waals surface area contributed by atoms with Crippen molar-refractivity contribution in [2.75, 3.05) is 0 Å². The molecule has 15 heavy (non-hydrogen) atoms. The van der Waals surface area contributed by atoms with Gasteiger partial charge in [-0.05, 0) is 22.9 Å². The van der Waals surface area contributed by atoms with E-state index in [-0.39, 0.29) is 5.56 Å². The van der Waals surface area contributed by atoms with E-state index in [9.17, 15) is 9.90 Å². The van der Waals surface area contributed by atoms with Crippen LogP contribution in [0, 0.1) is 0 Å². The Balaban J connectivity index is 2.48. The third-order valence-corrected chi connectivity index (χ3v) is 2.45. The van der Waals surface area contributed by atoms with Gasteiger partial charge in [0.1, 0.15) is 0 Å². The molecule has 0 bridgehead atoms. The maximum atomic E-state index is 10.6. The first kappa shape index (κ1) is 9.78. The second-order valence-electron chi connectivity index (χ2n) is 2.72. The van der Waals surface area contributed by atoms with Crippen molar-refractivity contribution >= 4 is 21.9 Å². The Morgan fingerprint density at radius 2 is 2.27 bits per heavy atom. The quantitative estimate of drug-likeness (QED) is 0.826. The number of hydrogen-bond donors (Lipinski definition) is 1. The molecule has 0 saturated carbocycles. The smallest absolute Gasteiger partial charge is 0.205 e. The summed E-state index contributed by atoms with van der Waals surface area (Å²) in [7, 11) is 0. The summed E-state index contributed by atoms with van der Waals surface area (Å²) in [5.41, 5.74) is 0.753. The van der Waals surface area contributed by atoms with Gasteiger partial charge in [-0.1, -0.05) is 22.0 Å². The van der Waals surface area contributed by atoms with E-state index < -0.39 is 5.97 Å². The highest BCUT2D eigenvalue weighted by Gasteiger charge is 2.08. The summed E-state index contributed by atoms with van der Waals surface area (Å²) in [5.74, 6) is -0.831. The van der Waals surface area contributed by atoms with Gasteiger partial charge in [-0.15, -0.1) is 10.2 Å². The van der Waals surface area contributed by atoms with Crippen LogP contribution >= 0.6 is 15.9 Å². The largest absolute Gasteiger partial charge is 0.545 e. The molecule has 0 saturated heterocycles. The van der Waals surface area contributed by atoms with E-state index in [1.165, 1.54) is 12.1 Å². The van der Waals surface area contributed by atoms with E-state index in [0.717, 1.165) is 0 Å². The van der Waals surface area contributed by atoms with Crippen molar-refractivity contribution in [2.24, 2.45) is 0 Å². The van der Waals surface area contributed by atoms with Crippen molar-refractivity contribution < 1.29 is 9.90 Å². The summed E-state index contributed by atoms with van der Waals surface area (Å²) >= 11 is 3.22. The maximum Gasteiger partial charge on any atom is 0.205 e. The molecule has 0 amide bonds. The first-order valence-corrected chi connectivity index (χ1v) is 4.72. The number of tetrazole rings is 1. The monoisotopic (exact) mass is 267 g/mol. The van der Waals surface area contributed by atoms with Gasteiger partial charge in [0.15, 0.2) is 0 Å². The van der Waals surface area contributed by atoms with Crippen LogP contribution in [0.4, 0.5) is 0 Å². The average molecular weight is 268 g/mol. The standard InChI is InChI=1S/C8H5BrN4O2/c9-6-3-4(8(14)15)1-2-5(6)7-10-12-13-11-7/h1-3H,(H,14,15)(H,10,11,12,13)/p-1. The molecule has 1 heterocycles. The molecule has 1 aromatic heterocycles. The molecule has 76 valence electrons. The zero-order valence-electron chi connectivity index (χ0n) is 7.27. The van der Waals surface area contributed by atoms with Crippen molar-refractivity contribution in [1.29, 1.82) is 0 Å². The lowest BCUT2D eigenvalue weighted by molar-refractivity contribution is -0.255. The lowest BCUT2D eigenvalue weighted by atomic mass is 10.1. The third kappa shape index (κ3) is 1.86. The van der Waals surface area contributed by atoms with Crippen LogP contribution in [0.25, 0.3) is 11.4 Å². The summed E-state index contributed by atoms with van der Waals surface area (Å²) in [5, 5.41) is 23.9. The van der Waals surface area contributed by atoms with Crippen LogP contribution in [0.3, 0.4) is 0 Å². The molecule has 0 atom stereocenters. The Labute approximate surface area is 92.5 Å². The van der Waals surface area contributed by atoms with E-state index >= 15 is 0 Å². The van der Waals surface area contributed by atoms with Gasteiger partial charge in [-0.3, -0.25) is 0 Å². The first-order valence-electron chi connectivity index (χ1n) is 3.93. The highest BCUT2D eigenvalue weighted by atomic mass is 79.9. The molecule has 0 aliphatic rings. The highest BCUT2D eigenvalue weighted by molar-refractivity contribution is 9.10. The topological polar surface area (TPSA) is 94.6 Å². The van der Waals surface area contributed by atoms with E-state index in [1.807, 2.05) is 0 Å². The Morgan fingerprint density at radius 1 is 1.47 bits per heavy atom. The van der Waals surface area contributed by atoms with Gasteiger partial charge in [0.2, 0.25) is 5.82 Å². The molecule has 2 rings (SSSR count). The zero-order chi connectivity index (χ0) is 10.8. The number of carbonyl (C=O) groups excluding carboxylic acids is 1. The van der Waals surface area contributed by atoms with Gasteiger partial charge < -0.3 is 9.90 Å². The van der Waals surface area contributed by atoms with E-state index in [0.29, 0.717) is 15.9 Å². The molecule has 0 fully saturated rings. The minimum Gasteiger partial charge on any atom is -0.545 e. The molecule has 1 aromatic carbocycles. The second kappa shape index (κ2) is 3.77. The van der Waals surface area contributed by atoms with Crippen molar-refractivity contribution in [3.05, 3.63) is 28.2 Å². The van der Waals surface area contributed by atoms with Gasteiger partial charge in [-0.25, -0.2) is 0 Å². The summed E-state index contributed by atoms with van der Waals surface area (Å²) in [6.07, 6.45) is 0. The molecule has 0 unspecified atom stereocenters. The van der Waals surface area contributed by atoms with Crippen LogP contribution in [0.1, 0.15) is 10.4 Å². The number of aromatic carboxylic acids is 1. The van der Waals surface area contributed by atoms with Crippen molar-refractivity contribution in [3.8, 4) is 11.4 Å². The number of carboxylic acids is 1. The number of H-pyrrole nitrogens is 1. The minimum absolute atomic E-state index is 0.0918. The van der Waals surface area contributed by atoms with Crippen molar-refractivity contribution in [3.63, 3.8) is 0 Å². The number of rotatable bonds is 2. The number of nitrogens with zero attached hydrogens (tertiary/aromatic N) is 3. The van der Waals surface area contributed by atoms with Crippen LogP contribution in [0.5, 0.6) is 0 Å². The number of halogens is 1. The molecule has 7 heteroatoms. The third-order valence-electron chi connectivity index (χ3n) is 1.79. The van der Waals surface area contributed by atoms with E-state index in [4.69, 9.17) is 0 Å². The number of nitrogens with one attached hydrogen (secondary N) is 1. The Morgan fingerprint density at radius 3 is 2.80 bits per heavy atom. The Hall–Kier alpha value is -1.76. The lowest BCUT2D eigenvalue weighted by Gasteiger charge is -2.04. The Bertz CT molecular complexity index is 497. The maximum absolute atomic E-state index is 10.6. The average Bonchev–Trinajstić information content (AvgIpc) is 2.70. The van der Waals surface area contributed by atoms with Gasteiger partial charge in [-0.2, -0.15) is 5.21 Å². The SMILES string of the molecule is O=C([O-])c1ccc(-c2nn[nH]n2)c(Br)c1. The first-order chi connectivity index (χ1) is 7.18. The van der Waals surface area contributed by atoms with Crippen LogP contribution in [-0.2, 0) is 0 Å². The predicted molar refractivity (Wildman–Crippen MR) is 51.6 cm³/mol. The lowest BCUT2D eigenvalue weighted by Crippen LogP contribution is -2.22.